The van der Waals surface area contributed by atoms with Crippen LogP contribution in [0, 0.1) is 6.92 Å². The van der Waals surface area contributed by atoms with Crippen LogP contribution in [0.1, 0.15) is 29.5 Å². The van der Waals surface area contributed by atoms with Gasteiger partial charge in [-0.05, 0) is 30.9 Å². The highest BCUT2D eigenvalue weighted by Gasteiger charge is 2.23. The van der Waals surface area contributed by atoms with Crippen LogP contribution >= 0.6 is 0 Å². The van der Waals surface area contributed by atoms with Crippen LogP contribution in [-0.4, -0.2) is 11.5 Å². The van der Waals surface area contributed by atoms with Crippen molar-refractivity contribution < 1.29 is 0 Å². The molecular weight excluding hydrogens is 260 g/mol. The summed E-state index contributed by atoms with van der Waals surface area (Å²) in [4.78, 5) is 0. The van der Waals surface area contributed by atoms with E-state index in [1.807, 2.05) is 0 Å². The molecule has 0 aromatic heterocycles. The van der Waals surface area contributed by atoms with E-state index >= 15 is 0 Å². The molecule has 102 valence electrons. The van der Waals surface area contributed by atoms with Crippen molar-refractivity contribution in [1.29, 1.82) is 0 Å². The molecule has 0 N–H and O–H groups in total. The fourth-order valence-electron chi connectivity index (χ4n) is 2.62. The van der Waals surface area contributed by atoms with Gasteiger partial charge in [-0.25, -0.2) is 0 Å². The van der Waals surface area contributed by atoms with Crippen LogP contribution in [0.4, 0.5) is 0 Å². The fourth-order valence-corrected chi connectivity index (χ4v) is 4.81. The van der Waals surface area contributed by atoms with Crippen molar-refractivity contribution in [3.05, 3.63) is 76.7 Å². The molecular formula is C19H21S+. The molecule has 3 rings (SSSR count). The predicted molar refractivity (Wildman–Crippen MR) is 91.0 cm³/mol. The molecule has 0 unspecified atom stereocenters. The molecule has 0 spiro atoms. The van der Waals surface area contributed by atoms with E-state index in [0.717, 1.165) is 0 Å². The molecule has 0 bridgehead atoms. The summed E-state index contributed by atoms with van der Waals surface area (Å²) in [6.07, 6.45) is 2.80. The minimum absolute atomic E-state index is 0.474. The minimum atomic E-state index is 0.474. The maximum Gasteiger partial charge on any atom is 0.127 e. The Morgan fingerprint density at radius 2 is 1.45 bits per heavy atom. The van der Waals surface area contributed by atoms with Crippen LogP contribution < -0.4 is 0 Å². The highest BCUT2D eigenvalue weighted by atomic mass is 32.2. The summed E-state index contributed by atoms with van der Waals surface area (Å²) >= 11 is 0. The smallest absolute Gasteiger partial charge is 0.0622 e. The Hall–Kier alpha value is -1.47. The van der Waals surface area contributed by atoms with Crippen LogP contribution in [0.2, 0.25) is 0 Å². The molecule has 1 saturated heterocycles. The van der Waals surface area contributed by atoms with Gasteiger partial charge in [0.25, 0.3) is 0 Å². The van der Waals surface area contributed by atoms with E-state index in [9.17, 15) is 0 Å². The largest absolute Gasteiger partial charge is 0.127 e. The van der Waals surface area contributed by atoms with Crippen molar-refractivity contribution in [1.82, 2.24) is 0 Å². The second-order valence-electron chi connectivity index (χ2n) is 5.42. The molecule has 0 atom stereocenters. The molecule has 1 aliphatic rings. The Morgan fingerprint density at radius 3 is 2.10 bits per heavy atom. The lowest BCUT2D eigenvalue weighted by Gasteiger charge is -2.08. The average molecular weight is 281 g/mol. The maximum atomic E-state index is 2.53. The van der Waals surface area contributed by atoms with Gasteiger partial charge < -0.3 is 0 Å². The molecule has 0 saturated carbocycles. The average Bonchev–Trinajstić information content (AvgIpc) is 3.00. The summed E-state index contributed by atoms with van der Waals surface area (Å²) in [7, 11) is 0.474. The third kappa shape index (κ3) is 3.16. The topological polar surface area (TPSA) is 0 Å². The standard InChI is InChI=1S/C19H21S/c1-16-9-11-18(12-10-16)19(15-20-13-5-6-14-20)17-7-3-2-4-8-17/h2-4,7-12,15H,5-6,13-14H2,1H3/q+1. The molecule has 1 heterocycles. The van der Waals surface area contributed by atoms with Crippen LogP contribution in [0.25, 0.3) is 5.57 Å². The Bertz CT molecular complexity index is 575. The lowest BCUT2D eigenvalue weighted by Crippen LogP contribution is -2.00. The number of aryl methyl sites for hydroxylation is 1. The summed E-state index contributed by atoms with van der Waals surface area (Å²) in [5.74, 6) is 2.75. The van der Waals surface area contributed by atoms with Gasteiger partial charge in [0.05, 0.1) is 0 Å². The van der Waals surface area contributed by atoms with Crippen molar-refractivity contribution in [3.8, 4) is 0 Å². The SMILES string of the molecule is Cc1ccc(C(=C[S+]2CCCC2)c2ccccc2)cc1. The number of hydrogen-bond acceptors (Lipinski definition) is 0. The molecule has 1 heteroatoms. The number of rotatable bonds is 3. The van der Waals surface area contributed by atoms with Crippen molar-refractivity contribution in [2.45, 2.75) is 19.8 Å². The van der Waals surface area contributed by atoms with Crippen molar-refractivity contribution in [2.75, 3.05) is 11.5 Å². The Morgan fingerprint density at radius 1 is 0.850 bits per heavy atom. The highest BCUT2D eigenvalue weighted by molar-refractivity contribution is 8.00. The molecule has 0 amide bonds. The maximum absolute atomic E-state index is 2.53. The first-order chi connectivity index (χ1) is 9.83. The first-order valence-electron chi connectivity index (χ1n) is 7.33. The van der Waals surface area contributed by atoms with Crippen molar-refractivity contribution in [2.24, 2.45) is 0 Å². The summed E-state index contributed by atoms with van der Waals surface area (Å²) < 4.78 is 0. The van der Waals surface area contributed by atoms with Crippen molar-refractivity contribution >= 4 is 16.5 Å². The van der Waals surface area contributed by atoms with Gasteiger partial charge in [0.15, 0.2) is 0 Å². The summed E-state index contributed by atoms with van der Waals surface area (Å²) in [6, 6.07) is 19.8. The normalized spacial score (nSPS) is 16.6. The molecule has 0 nitrogen and oxygen atoms in total. The van der Waals surface area contributed by atoms with Crippen molar-refractivity contribution in [3.63, 3.8) is 0 Å². The zero-order chi connectivity index (χ0) is 13.8. The third-order valence-electron chi connectivity index (χ3n) is 3.79. The second kappa shape index (κ2) is 6.32. The molecule has 1 fully saturated rings. The molecule has 2 aromatic rings. The van der Waals surface area contributed by atoms with E-state index < -0.39 is 0 Å². The molecule has 0 radical (unpaired) electrons. The van der Waals surface area contributed by atoms with E-state index in [4.69, 9.17) is 0 Å². The van der Waals surface area contributed by atoms with E-state index in [0.29, 0.717) is 10.9 Å². The summed E-state index contributed by atoms with van der Waals surface area (Å²) in [5.41, 5.74) is 5.43. The Kier molecular flexibility index (Phi) is 4.27. The first-order valence-corrected chi connectivity index (χ1v) is 8.96. The zero-order valence-electron chi connectivity index (χ0n) is 12.0. The second-order valence-corrected chi connectivity index (χ2v) is 7.54. The van der Waals surface area contributed by atoms with Gasteiger partial charge >= 0.3 is 0 Å². The van der Waals surface area contributed by atoms with E-state index in [1.54, 1.807) is 0 Å². The van der Waals surface area contributed by atoms with Gasteiger partial charge in [-0.3, -0.25) is 0 Å². The number of hydrogen-bond donors (Lipinski definition) is 0. The predicted octanol–water partition coefficient (Wildman–Crippen LogP) is 4.80. The Balaban J connectivity index is 2.01. The first kappa shape index (κ1) is 13.5. The summed E-state index contributed by atoms with van der Waals surface area (Å²) in [6.45, 7) is 2.15. The van der Waals surface area contributed by atoms with E-state index in [1.165, 1.54) is 46.6 Å². The highest BCUT2D eigenvalue weighted by Crippen LogP contribution is 2.27. The molecule has 2 aromatic carbocycles. The van der Waals surface area contributed by atoms with E-state index in [-0.39, 0.29) is 0 Å². The van der Waals surface area contributed by atoms with Gasteiger partial charge in [0.1, 0.15) is 16.9 Å². The number of benzene rings is 2. The van der Waals surface area contributed by atoms with Gasteiger partial charge in [-0.1, -0.05) is 60.2 Å². The summed E-state index contributed by atoms with van der Waals surface area (Å²) in [5, 5.41) is 2.53. The molecule has 0 aliphatic carbocycles. The van der Waals surface area contributed by atoms with Crippen LogP contribution in [0.3, 0.4) is 0 Å². The van der Waals surface area contributed by atoms with Gasteiger partial charge in [-0.15, -0.1) is 0 Å². The van der Waals surface area contributed by atoms with Crippen LogP contribution in [-0.2, 0) is 10.9 Å². The van der Waals surface area contributed by atoms with Crippen LogP contribution in [0.5, 0.6) is 0 Å². The Labute approximate surface area is 124 Å². The van der Waals surface area contributed by atoms with Gasteiger partial charge in [-0.2, -0.15) is 0 Å². The van der Waals surface area contributed by atoms with E-state index in [2.05, 4.69) is 66.9 Å². The van der Waals surface area contributed by atoms with Crippen LogP contribution in [0.15, 0.2) is 60.0 Å². The lowest BCUT2D eigenvalue weighted by molar-refractivity contribution is 0.949. The molecule has 1 aliphatic heterocycles. The zero-order valence-corrected chi connectivity index (χ0v) is 12.8. The van der Waals surface area contributed by atoms with Gasteiger partial charge in [0.2, 0.25) is 0 Å². The quantitative estimate of drug-likeness (QED) is 0.709. The minimum Gasteiger partial charge on any atom is -0.0622 e. The lowest BCUT2D eigenvalue weighted by atomic mass is 9.99. The monoisotopic (exact) mass is 281 g/mol. The van der Waals surface area contributed by atoms with Gasteiger partial charge in [0, 0.05) is 16.5 Å². The molecule has 20 heavy (non-hydrogen) atoms. The fraction of sp³-hybridized carbons (Fsp3) is 0.263. The third-order valence-corrected chi connectivity index (χ3v) is 5.99.